The lowest BCUT2D eigenvalue weighted by Gasteiger charge is -2.19. The highest BCUT2D eigenvalue weighted by Gasteiger charge is 2.25. The van der Waals surface area contributed by atoms with Gasteiger partial charge in [-0.05, 0) is 12.8 Å². The predicted octanol–water partition coefficient (Wildman–Crippen LogP) is 9.33. The average Bonchev–Trinajstić information content (AvgIpc) is 3.00. The number of esters is 2. The number of phosphoric acid groups is 1. The highest BCUT2D eigenvalue weighted by molar-refractivity contribution is 7.47. The lowest BCUT2D eigenvalue weighted by molar-refractivity contribution is -0.161. The molecule has 262 valence electrons. The fourth-order valence-corrected chi connectivity index (χ4v) is 5.81. The number of ether oxygens (including phenoxy) is 2. The SMILES string of the molecule is CCCCCCCCCCCCCCCCCC(=O)OC(COC(=O)CCCCCCCCCC)COP(=O)(O)OCCN. The van der Waals surface area contributed by atoms with Gasteiger partial charge in [0.15, 0.2) is 6.10 Å². The molecule has 0 spiro atoms. The summed E-state index contributed by atoms with van der Waals surface area (Å²) in [5, 5.41) is 0. The molecule has 0 radical (unpaired) electrons. The first kappa shape index (κ1) is 43.0. The molecule has 0 aliphatic rings. The number of unbranched alkanes of at least 4 members (excludes halogenated alkanes) is 21. The minimum Gasteiger partial charge on any atom is -0.462 e. The Hall–Kier alpha value is -0.990. The lowest BCUT2D eigenvalue weighted by atomic mass is 10.0. The summed E-state index contributed by atoms with van der Waals surface area (Å²) in [4.78, 5) is 34.5. The van der Waals surface area contributed by atoms with Crippen LogP contribution < -0.4 is 5.73 Å². The lowest BCUT2D eigenvalue weighted by Crippen LogP contribution is -2.29. The van der Waals surface area contributed by atoms with Crippen LogP contribution in [0.3, 0.4) is 0 Å². The Morgan fingerprint density at radius 1 is 0.591 bits per heavy atom. The Balaban J connectivity index is 4.18. The van der Waals surface area contributed by atoms with Crippen LogP contribution in [0.15, 0.2) is 0 Å². The molecule has 0 bridgehead atoms. The summed E-state index contributed by atoms with van der Waals surface area (Å²) < 4.78 is 32.5. The standard InChI is InChI=1S/C34H68NO8P/c1-3-5-7-9-11-13-14-15-16-17-18-19-21-23-25-27-34(37)43-32(31-42-44(38,39)41-29-28-35)30-40-33(36)26-24-22-20-12-10-8-6-4-2/h32H,3-31,35H2,1-2H3,(H,38,39). The number of phosphoric ester groups is 1. The molecule has 0 aliphatic heterocycles. The monoisotopic (exact) mass is 649 g/mol. The van der Waals surface area contributed by atoms with E-state index in [0.29, 0.717) is 6.42 Å². The van der Waals surface area contributed by atoms with E-state index in [9.17, 15) is 19.0 Å². The number of hydrogen-bond acceptors (Lipinski definition) is 8. The fourth-order valence-electron chi connectivity index (χ4n) is 5.05. The van der Waals surface area contributed by atoms with Gasteiger partial charge in [0, 0.05) is 19.4 Å². The van der Waals surface area contributed by atoms with Crippen molar-refractivity contribution >= 4 is 19.8 Å². The third-order valence-corrected chi connectivity index (χ3v) is 8.73. The summed E-state index contributed by atoms with van der Waals surface area (Å²) >= 11 is 0. The highest BCUT2D eigenvalue weighted by atomic mass is 31.2. The summed E-state index contributed by atoms with van der Waals surface area (Å²) in [7, 11) is -4.36. The molecule has 0 saturated carbocycles. The van der Waals surface area contributed by atoms with Gasteiger partial charge in [-0.1, -0.05) is 149 Å². The summed E-state index contributed by atoms with van der Waals surface area (Å²) in [5.41, 5.74) is 5.31. The van der Waals surface area contributed by atoms with Crippen molar-refractivity contribution in [1.29, 1.82) is 0 Å². The maximum absolute atomic E-state index is 12.5. The largest absolute Gasteiger partial charge is 0.472 e. The van der Waals surface area contributed by atoms with Crippen molar-refractivity contribution in [3.05, 3.63) is 0 Å². The van der Waals surface area contributed by atoms with E-state index in [2.05, 4.69) is 13.8 Å². The van der Waals surface area contributed by atoms with Crippen molar-refractivity contribution < 1.29 is 37.6 Å². The Labute approximate surface area is 269 Å². The molecular formula is C34H68NO8P. The topological polar surface area (TPSA) is 134 Å². The van der Waals surface area contributed by atoms with Crippen LogP contribution in [-0.2, 0) is 32.7 Å². The van der Waals surface area contributed by atoms with Crippen LogP contribution in [0.25, 0.3) is 0 Å². The Kier molecular flexibility index (Phi) is 31.3. The van der Waals surface area contributed by atoms with Crippen molar-refractivity contribution in [1.82, 2.24) is 0 Å². The van der Waals surface area contributed by atoms with E-state index in [1.165, 1.54) is 109 Å². The number of carbonyl (C=O) groups is 2. The molecule has 10 heteroatoms. The summed E-state index contributed by atoms with van der Waals surface area (Å²) in [5.74, 6) is -0.825. The molecule has 2 atom stereocenters. The van der Waals surface area contributed by atoms with Crippen LogP contribution in [0, 0.1) is 0 Å². The van der Waals surface area contributed by atoms with Crippen LogP contribution in [0.4, 0.5) is 0 Å². The van der Waals surface area contributed by atoms with Crippen molar-refractivity contribution in [2.24, 2.45) is 5.73 Å². The van der Waals surface area contributed by atoms with Crippen molar-refractivity contribution in [2.75, 3.05) is 26.4 Å². The van der Waals surface area contributed by atoms with E-state index in [-0.39, 0.29) is 38.6 Å². The maximum atomic E-state index is 12.5. The summed E-state index contributed by atoms with van der Waals surface area (Å²) in [6, 6.07) is 0. The van der Waals surface area contributed by atoms with Gasteiger partial charge in [-0.15, -0.1) is 0 Å². The van der Waals surface area contributed by atoms with Crippen LogP contribution >= 0.6 is 7.82 Å². The Bertz CT molecular complexity index is 709. The van der Waals surface area contributed by atoms with E-state index in [1.54, 1.807) is 0 Å². The molecule has 0 amide bonds. The molecule has 9 nitrogen and oxygen atoms in total. The van der Waals surface area contributed by atoms with Crippen molar-refractivity contribution in [3.8, 4) is 0 Å². The normalized spacial score (nSPS) is 13.5. The molecule has 0 aromatic carbocycles. The predicted molar refractivity (Wildman–Crippen MR) is 178 cm³/mol. The Morgan fingerprint density at radius 3 is 1.39 bits per heavy atom. The van der Waals surface area contributed by atoms with Crippen LogP contribution in [0.1, 0.15) is 174 Å². The van der Waals surface area contributed by atoms with Gasteiger partial charge in [0.05, 0.1) is 13.2 Å². The summed E-state index contributed by atoms with van der Waals surface area (Å²) in [6.07, 6.45) is 27.1. The number of carbonyl (C=O) groups excluding carboxylic acids is 2. The minimum atomic E-state index is -4.36. The number of nitrogens with two attached hydrogens (primary N) is 1. The molecule has 0 heterocycles. The number of rotatable bonds is 34. The van der Waals surface area contributed by atoms with Crippen molar-refractivity contribution in [3.63, 3.8) is 0 Å². The van der Waals surface area contributed by atoms with E-state index < -0.39 is 26.5 Å². The fraction of sp³-hybridized carbons (Fsp3) is 0.941. The number of hydrogen-bond donors (Lipinski definition) is 2. The first-order valence-electron chi connectivity index (χ1n) is 18.0. The van der Waals surface area contributed by atoms with Gasteiger partial charge in [-0.3, -0.25) is 18.6 Å². The van der Waals surface area contributed by atoms with E-state index in [4.69, 9.17) is 24.3 Å². The first-order chi connectivity index (χ1) is 21.3. The Morgan fingerprint density at radius 2 is 0.977 bits per heavy atom. The molecule has 0 aromatic rings. The van der Waals surface area contributed by atoms with E-state index in [0.717, 1.165) is 32.1 Å². The second kappa shape index (κ2) is 32.0. The molecule has 2 unspecified atom stereocenters. The molecule has 0 saturated heterocycles. The molecular weight excluding hydrogens is 581 g/mol. The second-order valence-corrected chi connectivity index (χ2v) is 13.6. The zero-order valence-electron chi connectivity index (χ0n) is 28.4. The van der Waals surface area contributed by atoms with E-state index >= 15 is 0 Å². The van der Waals surface area contributed by atoms with Gasteiger partial charge < -0.3 is 20.1 Å². The van der Waals surface area contributed by atoms with Gasteiger partial charge in [0.25, 0.3) is 0 Å². The quantitative estimate of drug-likeness (QED) is 0.0397. The van der Waals surface area contributed by atoms with Gasteiger partial charge in [-0.2, -0.15) is 0 Å². The average molecular weight is 650 g/mol. The third-order valence-electron chi connectivity index (χ3n) is 7.74. The molecule has 0 fully saturated rings. The van der Waals surface area contributed by atoms with Gasteiger partial charge in [-0.25, -0.2) is 4.57 Å². The van der Waals surface area contributed by atoms with Crippen LogP contribution in [-0.4, -0.2) is 49.3 Å². The molecule has 0 aliphatic carbocycles. The third kappa shape index (κ3) is 31.0. The van der Waals surface area contributed by atoms with E-state index in [1.807, 2.05) is 0 Å². The summed E-state index contributed by atoms with van der Waals surface area (Å²) in [6.45, 7) is 3.70. The molecule has 0 aromatic heterocycles. The van der Waals surface area contributed by atoms with Gasteiger partial charge in [0.1, 0.15) is 6.61 Å². The molecule has 44 heavy (non-hydrogen) atoms. The van der Waals surface area contributed by atoms with Crippen LogP contribution in [0.2, 0.25) is 0 Å². The first-order valence-corrected chi connectivity index (χ1v) is 19.5. The smallest absolute Gasteiger partial charge is 0.462 e. The molecule has 0 rings (SSSR count). The molecule has 3 N–H and O–H groups in total. The highest BCUT2D eigenvalue weighted by Crippen LogP contribution is 2.43. The van der Waals surface area contributed by atoms with Gasteiger partial charge >= 0.3 is 19.8 Å². The second-order valence-electron chi connectivity index (χ2n) is 12.1. The van der Waals surface area contributed by atoms with Gasteiger partial charge in [0.2, 0.25) is 0 Å². The zero-order chi connectivity index (χ0) is 32.6. The van der Waals surface area contributed by atoms with Crippen LogP contribution in [0.5, 0.6) is 0 Å². The maximum Gasteiger partial charge on any atom is 0.472 e. The van der Waals surface area contributed by atoms with Crippen molar-refractivity contribution in [2.45, 2.75) is 180 Å². The zero-order valence-corrected chi connectivity index (χ0v) is 29.3. The minimum absolute atomic E-state index is 0.0575.